The van der Waals surface area contributed by atoms with Crippen molar-refractivity contribution in [1.82, 2.24) is 0 Å². The topological polar surface area (TPSA) is 26.3 Å². The minimum absolute atomic E-state index is 0.191. The quantitative estimate of drug-likeness (QED) is 0.755. The molecule has 0 unspecified atom stereocenters. The molecule has 96 valence electrons. The Morgan fingerprint density at radius 3 is 2.67 bits per heavy atom. The van der Waals surface area contributed by atoms with E-state index in [0.29, 0.717) is 6.42 Å². The number of rotatable bonds is 4. The molecule has 0 aliphatic heterocycles. The Labute approximate surface area is 109 Å². The number of hydrogen-bond donors (Lipinski definition) is 0. The molecule has 0 amide bonds. The highest BCUT2D eigenvalue weighted by molar-refractivity contribution is 5.92. The van der Waals surface area contributed by atoms with E-state index in [9.17, 15) is 4.79 Å². The van der Waals surface area contributed by atoms with E-state index in [-0.39, 0.29) is 5.78 Å². The summed E-state index contributed by atoms with van der Waals surface area (Å²) in [7, 11) is 1.64. The fourth-order valence-corrected chi connectivity index (χ4v) is 2.47. The lowest BCUT2D eigenvalue weighted by molar-refractivity contribution is -0.114. The molecule has 1 fully saturated rings. The van der Waals surface area contributed by atoms with Gasteiger partial charge < -0.3 is 4.74 Å². The molecule has 1 aromatic rings. The Kier molecular flexibility index (Phi) is 4.57. The summed E-state index contributed by atoms with van der Waals surface area (Å²) in [6.45, 7) is 0. The predicted molar refractivity (Wildman–Crippen MR) is 72.9 cm³/mol. The van der Waals surface area contributed by atoms with E-state index in [2.05, 4.69) is 0 Å². The molecule has 0 heterocycles. The number of allylic oxidation sites excluding steroid dienone is 2. The zero-order valence-electron chi connectivity index (χ0n) is 10.9. The maximum Gasteiger partial charge on any atom is 0.160 e. The molecule has 2 rings (SSSR count). The number of carbonyl (C=O) groups excluding carboxylic acids is 1. The molecule has 2 heteroatoms. The van der Waals surface area contributed by atoms with Crippen LogP contribution in [0.4, 0.5) is 0 Å². The minimum atomic E-state index is 0.191. The first-order valence-corrected chi connectivity index (χ1v) is 6.64. The van der Waals surface area contributed by atoms with Crippen LogP contribution in [0.2, 0.25) is 0 Å². The molecule has 2 nitrogen and oxygen atoms in total. The number of ether oxygens (including phenoxy) is 1. The highest BCUT2D eigenvalue weighted by Gasteiger charge is 2.10. The summed E-state index contributed by atoms with van der Waals surface area (Å²) in [6, 6.07) is 7.72. The second-order valence-corrected chi connectivity index (χ2v) is 4.82. The van der Waals surface area contributed by atoms with Crippen LogP contribution in [0.5, 0.6) is 5.75 Å². The molecule has 1 aliphatic carbocycles. The number of ketones is 1. The lowest BCUT2D eigenvalue weighted by Crippen LogP contribution is -2.04. The van der Waals surface area contributed by atoms with Crippen molar-refractivity contribution in [3.63, 3.8) is 0 Å². The Morgan fingerprint density at radius 1 is 1.22 bits per heavy atom. The van der Waals surface area contributed by atoms with Crippen molar-refractivity contribution >= 4 is 5.78 Å². The Hall–Kier alpha value is -1.57. The van der Waals surface area contributed by atoms with Gasteiger partial charge in [-0.3, -0.25) is 4.79 Å². The van der Waals surface area contributed by atoms with E-state index in [1.54, 1.807) is 7.11 Å². The fraction of sp³-hybridized carbons (Fsp3) is 0.438. The average molecular weight is 244 g/mol. The SMILES string of the molecule is COc1ccccc1CC(=O)C=C1CCCCC1. The lowest BCUT2D eigenvalue weighted by atomic mass is 9.93. The molecule has 0 bridgehead atoms. The van der Waals surface area contributed by atoms with Gasteiger partial charge in [0.15, 0.2) is 5.78 Å². The van der Waals surface area contributed by atoms with Crippen molar-refractivity contribution in [2.24, 2.45) is 0 Å². The zero-order valence-corrected chi connectivity index (χ0v) is 10.9. The van der Waals surface area contributed by atoms with Crippen molar-refractivity contribution in [3.8, 4) is 5.75 Å². The van der Waals surface area contributed by atoms with Gasteiger partial charge in [-0.05, 0) is 37.8 Å². The van der Waals surface area contributed by atoms with Gasteiger partial charge in [0.25, 0.3) is 0 Å². The van der Waals surface area contributed by atoms with Crippen LogP contribution in [0.1, 0.15) is 37.7 Å². The monoisotopic (exact) mass is 244 g/mol. The van der Waals surface area contributed by atoms with E-state index in [1.165, 1.54) is 24.8 Å². The second-order valence-electron chi connectivity index (χ2n) is 4.82. The first-order valence-electron chi connectivity index (χ1n) is 6.64. The van der Waals surface area contributed by atoms with Crippen molar-refractivity contribution in [2.75, 3.05) is 7.11 Å². The molecule has 18 heavy (non-hydrogen) atoms. The van der Waals surface area contributed by atoms with Crippen LogP contribution in [0.15, 0.2) is 35.9 Å². The normalized spacial score (nSPS) is 15.3. The summed E-state index contributed by atoms with van der Waals surface area (Å²) in [5.41, 5.74) is 2.29. The second kappa shape index (κ2) is 6.39. The third-order valence-corrected chi connectivity index (χ3v) is 3.42. The van der Waals surface area contributed by atoms with Gasteiger partial charge in [-0.2, -0.15) is 0 Å². The van der Waals surface area contributed by atoms with Crippen LogP contribution in [0.3, 0.4) is 0 Å². The van der Waals surface area contributed by atoms with E-state index in [0.717, 1.165) is 24.2 Å². The number of para-hydroxylation sites is 1. The molecule has 0 aromatic heterocycles. The average Bonchev–Trinajstić information content (AvgIpc) is 2.40. The molecule has 1 aromatic carbocycles. The zero-order chi connectivity index (χ0) is 12.8. The highest BCUT2D eigenvalue weighted by Crippen LogP contribution is 2.23. The Balaban J connectivity index is 2.02. The smallest absolute Gasteiger partial charge is 0.160 e. The van der Waals surface area contributed by atoms with Crippen molar-refractivity contribution in [1.29, 1.82) is 0 Å². The minimum Gasteiger partial charge on any atom is -0.496 e. The van der Waals surface area contributed by atoms with Crippen LogP contribution >= 0.6 is 0 Å². The van der Waals surface area contributed by atoms with Crippen molar-refractivity contribution in [3.05, 3.63) is 41.5 Å². The molecule has 0 N–H and O–H groups in total. The van der Waals surface area contributed by atoms with E-state index >= 15 is 0 Å². The summed E-state index contributed by atoms with van der Waals surface area (Å²) in [5.74, 6) is 0.990. The number of methoxy groups -OCH3 is 1. The number of carbonyl (C=O) groups is 1. The first-order chi connectivity index (χ1) is 8.79. The van der Waals surface area contributed by atoms with Crippen LogP contribution in [-0.4, -0.2) is 12.9 Å². The van der Waals surface area contributed by atoms with Crippen LogP contribution in [0, 0.1) is 0 Å². The maximum absolute atomic E-state index is 12.0. The van der Waals surface area contributed by atoms with Gasteiger partial charge in [0.2, 0.25) is 0 Å². The lowest BCUT2D eigenvalue weighted by Gasteiger charge is -2.13. The third kappa shape index (κ3) is 3.46. The van der Waals surface area contributed by atoms with Gasteiger partial charge in [0.05, 0.1) is 7.11 Å². The van der Waals surface area contributed by atoms with E-state index in [4.69, 9.17) is 4.74 Å². The largest absolute Gasteiger partial charge is 0.496 e. The summed E-state index contributed by atoms with van der Waals surface area (Å²) >= 11 is 0. The molecule has 0 saturated heterocycles. The number of benzene rings is 1. The molecule has 1 saturated carbocycles. The molecule has 0 atom stereocenters. The van der Waals surface area contributed by atoms with Crippen LogP contribution < -0.4 is 4.74 Å². The Morgan fingerprint density at radius 2 is 1.94 bits per heavy atom. The molecule has 0 spiro atoms. The van der Waals surface area contributed by atoms with Gasteiger partial charge in [-0.1, -0.05) is 30.2 Å². The molecular formula is C16H20O2. The fourth-order valence-electron chi connectivity index (χ4n) is 2.47. The van der Waals surface area contributed by atoms with Crippen molar-refractivity contribution < 1.29 is 9.53 Å². The van der Waals surface area contributed by atoms with Gasteiger partial charge >= 0.3 is 0 Å². The summed E-state index contributed by atoms with van der Waals surface area (Å²) in [5, 5.41) is 0. The summed E-state index contributed by atoms with van der Waals surface area (Å²) in [6.07, 6.45) is 8.24. The Bertz CT molecular complexity index is 438. The molecule has 0 radical (unpaired) electrons. The molecule has 1 aliphatic rings. The highest BCUT2D eigenvalue weighted by atomic mass is 16.5. The third-order valence-electron chi connectivity index (χ3n) is 3.42. The van der Waals surface area contributed by atoms with Gasteiger partial charge in [-0.25, -0.2) is 0 Å². The van der Waals surface area contributed by atoms with Gasteiger partial charge in [0, 0.05) is 12.0 Å². The summed E-state index contributed by atoms with van der Waals surface area (Å²) < 4.78 is 5.26. The predicted octanol–water partition coefficient (Wildman–Crippen LogP) is 3.70. The van der Waals surface area contributed by atoms with Gasteiger partial charge in [0.1, 0.15) is 5.75 Å². The summed E-state index contributed by atoms with van der Waals surface area (Å²) in [4.78, 5) is 12.0. The number of hydrogen-bond acceptors (Lipinski definition) is 2. The first kappa shape index (κ1) is 12.9. The standard InChI is InChI=1S/C16H20O2/c1-18-16-10-6-5-9-14(16)12-15(17)11-13-7-3-2-4-8-13/h5-6,9-11H,2-4,7-8,12H2,1H3. The van der Waals surface area contributed by atoms with Crippen LogP contribution in [0.25, 0.3) is 0 Å². The van der Waals surface area contributed by atoms with Crippen LogP contribution in [-0.2, 0) is 11.2 Å². The van der Waals surface area contributed by atoms with Gasteiger partial charge in [-0.15, -0.1) is 0 Å². The molecular weight excluding hydrogens is 224 g/mol. The van der Waals surface area contributed by atoms with E-state index in [1.807, 2.05) is 30.3 Å². The maximum atomic E-state index is 12.0. The van der Waals surface area contributed by atoms with Crippen molar-refractivity contribution in [2.45, 2.75) is 38.5 Å². The van der Waals surface area contributed by atoms with E-state index < -0.39 is 0 Å².